The third-order valence-corrected chi connectivity index (χ3v) is 14.9. The molecule has 0 spiro atoms. The lowest BCUT2D eigenvalue weighted by atomic mass is 9.64. The lowest BCUT2D eigenvalue weighted by Crippen LogP contribution is -2.50. The van der Waals surface area contributed by atoms with Crippen LogP contribution < -0.4 is 9.47 Å². The number of epoxide rings is 1. The van der Waals surface area contributed by atoms with Crippen LogP contribution in [0.3, 0.4) is 0 Å². The smallest absolute Gasteiger partial charge is 0.193 e. The Bertz CT molecular complexity index is 1240. The molecule has 1 heterocycles. The van der Waals surface area contributed by atoms with E-state index in [2.05, 4.69) is 96.8 Å². The van der Waals surface area contributed by atoms with Gasteiger partial charge in [-0.25, -0.2) is 0 Å². The predicted molar refractivity (Wildman–Crippen MR) is 186 cm³/mol. The molecule has 1 aliphatic heterocycles. The highest BCUT2D eigenvalue weighted by atomic mass is 127. The quantitative estimate of drug-likeness (QED) is 0.0827. The average Bonchev–Trinajstić information content (AvgIpc) is 3.60. The molecule has 0 amide bonds. The van der Waals surface area contributed by atoms with Gasteiger partial charge in [-0.3, -0.25) is 4.79 Å². The van der Waals surface area contributed by atoms with E-state index in [-0.39, 0.29) is 28.3 Å². The number of ketones is 1. The van der Waals surface area contributed by atoms with E-state index in [9.17, 15) is 4.79 Å². The van der Waals surface area contributed by atoms with Crippen LogP contribution in [-0.4, -0.2) is 52.7 Å². The molecular weight excluding hydrogens is 671 g/mol. The molecule has 1 fully saturated rings. The van der Waals surface area contributed by atoms with Crippen LogP contribution in [0.2, 0.25) is 18.1 Å². The van der Waals surface area contributed by atoms with E-state index in [0.717, 1.165) is 29.6 Å². The van der Waals surface area contributed by atoms with Gasteiger partial charge in [0.05, 0.1) is 33.5 Å². The zero-order valence-corrected chi connectivity index (χ0v) is 31.3. The molecule has 0 radical (unpaired) electrons. The van der Waals surface area contributed by atoms with E-state index in [1.807, 2.05) is 24.3 Å². The Morgan fingerprint density at radius 1 is 1.16 bits per heavy atom. The van der Waals surface area contributed by atoms with Crippen LogP contribution in [0.15, 0.2) is 51.7 Å². The summed E-state index contributed by atoms with van der Waals surface area (Å²) >= 11 is 2.32. The lowest BCUT2D eigenvalue weighted by Gasteiger charge is -2.47. The Hall–Kier alpha value is -1.46. The second-order valence-electron chi connectivity index (χ2n) is 14.1. The first-order valence-corrected chi connectivity index (χ1v) is 19.3. The monoisotopic (exact) mass is 724 g/mol. The minimum absolute atomic E-state index is 0.00683. The minimum atomic E-state index is -2.23. The van der Waals surface area contributed by atoms with Gasteiger partial charge < -0.3 is 23.4 Å². The van der Waals surface area contributed by atoms with Crippen molar-refractivity contribution in [3.05, 3.63) is 57.2 Å². The largest absolute Gasteiger partial charge is 0.493 e. The highest BCUT2D eigenvalue weighted by Gasteiger charge is 2.59. The fraction of sp³-hybridized carbons (Fsp3) is 0.629. The van der Waals surface area contributed by atoms with Crippen LogP contribution in [-0.2, 0) is 25.3 Å². The maximum absolute atomic E-state index is 14.5. The van der Waals surface area contributed by atoms with Crippen molar-refractivity contribution >= 4 is 36.7 Å². The van der Waals surface area contributed by atoms with Crippen molar-refractivity contribution < 1.29 is 28.2 Å². The molecule has 2 aliphatic rings. The molecule has 0 aromatic heterocycles. The number of allylic oxidation sites excluding steroid dienone is 3. The van der Waals surface area contributed by atoms with Gasteiger partial charge in [-0.15, -0.1) is 6.58 Å². The maximum atomic E-state index is 14.5. The Kier molecular flexibility index (Phi) is 11.6. The van der Waals surface area contributed by atoms with Gasteiger partial charge in [0, 0.05) is 5.57 Å². The minimum Gasteiger partial charge on any atom is -0.493 e. The van der Waals surface area contributed by atoms with Gasteiger partial charge in [-0.1, -0.05) is 52.8 Å². The molecule has 3 rings (SSSR count). The van der Waals surface area contributed by atoms with E-state index in [0.29, 0.717) is 31.1 Å². The molecule has 0 saturated carbocycles. The fourth-order valence-corrected chi connectivity index (χ4v) is 7.21. The molecule has 1 aliphatic carbocycles. The highest BCUT2D eigenvalue weighted by Crippen LogP contribution is 2.51. The number of methoxy groups -OCH3 is 2. The normalized spacial score (nSPS) is 28.1. The van der Waals surface area contributed by atoms with E-state index < -0.39 is 20.0 Å². The van der Waals surface area contributed by atoms with Crippen LogP contribution in [0, 0.1) is 11.3 Å². The SMILES string of the molecule is C=C[C@@]1(C)C[C@@H](O[Si](C)(C)C(C)(C)C)C(C(=O)[C@H]2O[C@]2(C)CC/C=C(/C)I)=C(COCc2ccc(OC)c(OC)c2)[C@@H]1C. The summed E-state index contributed by atoms with van der Waals surface area (Å²) in [5, 5.41) is -0.00683. The molecule has 1 aromatic carbocycles. The van der Waals surface area contributed by atoms with E-state index in [1.165, 1.54) is 3.58 Å². The van der Waals surface area contributed by atoms with Crippen molar-refractivity contribution in [1.29, 1.82) is 0 Å². The van der Waals surface area contributed by atoms with Crippen LogP contribution in [0.25, 0.3) is 0 Å². The third kappa shape index (κ3) is 8.23. The van der Waals surface area contributed by atoms with Gasteiger partial charge in [-0.2, -0.15) is 0 Å². The summed E-state index contributed by atoms with van der Waals surface area (Å²) in [6, 6.07) is 5.78. The van der Waals surface area contributed by atoms with Crippen LogP contribution in [0.4, 0.5) is 0 Å². The van der Waals surface area contributed by atoms with Gasteiger partial charge in [0.15, 0.2) is 25.6 Å². The Labute approximate surface area is 274 Å². The van der Waals surface area contributed by atoms with Gasteiger partial charge >= 0.3 is 0 Å². The van der Waals surface area contributed by atoms with Crippen LogP contribution in [0.5, 0.6) is 11.5 Å². The number of hydrogen-bond donors (Lipinski definition) is 0. The average molecular weight is 725 g/mol. The Balaban J connectivity index is 2.01. The van der Waals surface area contributed by atoms with Crippen LogP contribution >= 0.6 is 22.6 Å². The number of hydrogen-bond acceptors (Lipinski definition) is 6. The number of halogens is 1. The van der Waals surface area contributed by atoms with Crippen molar-refractivity contribution in [2.75, 3.05) is 20.8 Å². The van der Waals surface area contributed by atoms with Crippen molar-refractivity contribution in [3.8, 4) is 11.5 Å². The van der Waals surface area contributed by atoms with Crippen molar-refractivity contribution in [1.82, 2.24) is 0 Å². The predicted octanol–water partition coefficient (Wildman–Crippen LogP) is 8.99. The molecule has 6 nitrogen and oxygen atoms in total. The molecule has 0 unspecified atom stereocenters. The highest BCUT2D eigenvalue weighted by molar-refractivity contribution is 14.1. The first kappa shape index (κ1) is 36.0. The van der Waals surface area contributed by atoms with E-state index in [4.69, 9.17) is 23.4 Å². The zero-order chi connectivity index (χ0) is 32.4. The third-order valence-electron chi connectivity index (χ3n) is 9.94. The number of rotatable bonds is 14. The van der Waals surface area contributed by atoms with E-state index in [1.54, 1.807) is 14.2 Å². The molecule has 0 bridgehead atoms. The topological polar surface area (TPSA) is 66.5 Å². The summed E-state index contributed by atoms with van der Waals surface area (Å²) in [5.41, 5.74) is 1.98. The first-order valence-electron chi connectivity index (χ1n) is 15.3. The molecule has 8 heteroatoms. The second-order valence-corrected chi connectivity index (χ2v) is 20.6. The first-order chi connectivity index (χ1) is 19.9. The zero-order valence-electron chi connectivity index (χ0n) is 28.2. The number of carbonyl (C=O) groups excluding carboxylic acids is 1. The van der Waals surface area contributed by atoms with Gasteiger partial charge in [0.2, 0.25) is 0 Å². The number of carbonyl (C=O) groups is 1. The summed E-state index contributed by atoms with van der Waals surface area (Å²) in [6.07, 6.45) is 5.79. The summed E-state index contributed by atoms with van der Waals surface area (Å²) in [7, 11) is 1.02. The van der Waals surface area contributed by atoms with Gasteiger partial charge in [0.25, 0.3) is 0 Å². The fourth-order valence-electron chi connectivity index (χ4n) is 5.63. The molecule has 43 heavy (non-hydrogen) atoms. The maximum Gasteiger partial charge on any atom is 0.193 e. The summed E-state index contributed by atoms with van der Waals surface area (Å²) < 4.78 is 31.8. The molecule has 0 N–H and O–H groups in total. The lowest BCUT2D eigenvalue weighted by molar-refractivity contribution is -0.118. The standard InChI is InChI=1S/C35H53IO6Si/c1-13-34(7)20-29(42-43(11,12)33(4,5)6)30(31(37)32-35(8,41-32)18-14-15-23(2)36)26(24(34)3)22-40-21-25-16-17-27(38-9)28(19-25)39-10/h13,15-17,19,24,29,32H,1,14,18,20-22H2,2-12H3/b23-15-/t24-,29+,32+,34-,35+/m0/s1. The molecule has 1 aromatic rings. The van der Waals surface area contributed by atoms with Gasteiger partial charge in [0.1, 0.15) is 11.7 Å². The summed E-state index contributed by atoms with van der Waals surface area (Å²) in [6.45, 7) is 24.7. The summed E-state index contributed by atoms with van der Waals surface area (Å²) in [4.78, 5) is 14.5. The molecule has 240 valence electrons. The van der Waals surface area contributed by atoms with Crippen molar-refractivity contribution in [3.63, 3.8) is 0 Å². The molecular formula is C35H53IO6Si. The molecule has 1 saturated heterocycles. The van der Waals surface area contributed by atoms with Gasteiger partial charge in [-0.05, 0) is 112 Å². The van der Waals surface area contributed by atoms with Crippen molar-refractivity contribution in [2.45, 2.75) is 110 Å². The summed E-state index contributed by atoms with van der Waals surface area (Å²) in [5.74, 6) is 1.42. The van der Waals surface area contributed by atoms with Crippen molar-refractivity contribution in [2.24, 2.45) is 11.3 Å². The van der Waals surface area contributed by atoms with Crippen LogP contribution in [0.1, 0.15) is 73.3 Å². The number of benzene rings is 1. The number of ether oxygens (including phenoxy) is 4. The van der Waals surface area contributed by atoms with E-state index >= 15 is 0 Å². The Morgan fingerprint density at radius 2 is 1.81 bits per heavy atom. The Morgan fingerprint density at radius 3 is 2.37 bits per heavy atom. The number of Topliss-reactive ketones (excluding diaryl/α,β-unsaturated/α-hetero) is 1. The molecule has 5 atom stereocenters. The second kappa shape index (κ2) is 13.9.